The fraction of sp³-hybridized carbons (Fsp3) is 0.333. The quantitative estimate of drug-likeness (QED) is 0.551. The highest BCUT2D eigenvalue weighted by molar-refractivity contribution is 7.20. The van der Waals surface area contributed by atoms with Crippen LogP contribution in [0.15, 0.2) is 18.2 Å². The van der Waals surface area contributed by atoms with Gasteiger partial charge in [-0.2, -0.15) is 0 Å². The van der Waals surface area contributed by atoms with Gasteiger partial charge >= 0.3 is 0 Å². The van der Waals surface area contributed by atoms with Gasteiger partial charge in [0.2, 0.25) is 0 Å². The number of benzene rings is 1. The molecular weight excluding hydrogens is 256 g/mol. The summed E-state index contributed by atoms with van der Waals surface area (Å²) < 4.78 is 6.64. The summed E-state index contributed by atoms with van der Waals surface area (Å²) in [4.78, 5) is 1.14. The average molecular weight is 274 g/mol. The highest BCUT2D eigenvalue weighted by Crippen LogP contribution is 2.34. The molecule has 0 amide bonds. The van der Waals surface area contributed by atoms with Crippen molar-refractivity contribution >= 4 is 29.5 Å². The number of hydrogen-bond acceptors (Lipinski definition) is 2. The number of methoxy groups -OCH3 is 1. The van der Waals surface area contributed by atoms with Crippen LogP contribution < -0.4 is 4.74 Å². The van der Waals surface area contributed by atoms with Crippen LogP contribution in [0.1, 0.15) is 10.4 Å². The van der Waals surface area contributed by atoms with Gasteiger partial charge in [-0.1, -0.05) is 31.6 Å². The number of ether oxygens (including phenoxy) is 1. The van der Waals surface area contributed by atoms with Crippen LogP contribution in [0, 0.1) is 18.4 Å². The lowest BCUT2D eigenvalue weighted by Gasteiger charge is -2.02. The van der Waals surface area contributed by atoms with Crippen LogP contribution in [0.4, 0.5) is 0 Å². The second-order valence-electron chi connectivity index (χ2n) is 5.50. The van der Waals surface area contributed by atoms with E-state index < -0.39 is 8.07 Å². The maximum absolute atomic E-state index is 5.44. The standard InChI is InChI=1S/C15H18OSSi/c1-11-8-12-10-13(6-7-18(3,4)5)17-15(12)14(9-11)16-2/h8-10H,1-5H3. The minimum absolute atomic E-state index is 0.955. The summed E-state index contributed by atoms with van der Waals surface area (Å²) in [7, 11) is 0.416. The zero-order chi connectivity index (χ0) is 13.3. The van der Waals surface area contributed by atoms with Gasteiger partial charge in [-0.15, -0.1) is 16.9 Å². The van der Waals surface area contributed by atoms with Crippen LogP contribution in [-0.4, -0.2) is 15.2 Å². The minimum atomic E-state index is -1.31. The van der Waals surface area contributed by atoms with Crippen LogP contribution in [0.25, 0.3) is 10.1 Å². The normalized spacial score (nSPS) is 11.2. The molecule has 0 aliphatic rings. The molecule has 2 aromatic rings. The van der Waals surface area contributed by atoms with Gasteiger partial charge in [0.05, 0.1) is 16.7 Å². The Morgan fingerprint density at radius 1 is 1.17 bits per heavy atom. The maximum atomic E-state index is 5.44. The largest absolute Gasteiger partial charge is 0.495 e. The maximum Gasteiger partial charge on any atom is 0.136 e. The lowest BCUT2D eigenvalue weighted by atomic mass is 10.2. The van der Waals surface area contributed by atoms with Gasteiger partial charge < -0.3 is 4.74 Å². The van der Waals surface area contributed by atoms with Crippen LogP contribution in [0.2, 0.25) is 19.6 Å². The van der Waals surface area contributed by atoms with Crippen molar-refractivity contribution in [3.8, 4) is 17.2 Å². The van der Waals surface area contributed by atoms with E-state index in [1.54, 1.807) is 18.4 Å². The molecule has 18 heavy (non-hydrogen) atoms. The topological polar surface area (TPSA) is 9.23 Å². The molecule has 0 saturated heterocycles. The van der Waals surface area contributed by atoms with Crippen LogP contribution in [0.3, 0.4) is 0 Å². The van der Waals surface area contributed by atoms with Crippen LogP contribution >= 0.6 is 11.3 Å². The summed E-state index contributed by atoms with van der Waals surface area (Å²) in [5.41, 5.74) is 4.63. The van der Waals surface area contributed by atoms with Crippen molar-refractivity contribution in [2.45, 2.75) is 26.6 Å². The first kappa shape index (κ1) is 13.2. The Morgan fingerprint density at radius 3 is 2.50 bits per heavy atom. The SMILES string of the molecule is COc1cc(C)cc2cc(C#C[Si](C)(C)C)sc12. The van der Waals surface area contributed by atoms with Gasteiger partial charge in [0.15, 0.2) is 0 Å². The molecule has 0 aliphatic heterocycles. The van der Waals surface area contributed by atoms with Gasteiger partial charge in [-0.25, -0.2) is 0 Å². The summed E-state index contributed by atoms with van der Waals surface area (Å²) in [6.07, 6.45) is 0. The molecule has 3 heteroatoms. The summed E-state index contributed by atoms with van der Waals surface area (Å²) in [5, 5.41) is 1.23. The number of hydrogen-bond donors (Lipinski definition) is 0. The monoisotopic (exact) mass is 274 g/mol. The van der Waals surface area contributed by atoms with E-state index in [0.29, 0.717) is 0 Å². The van der Waals surface area contributed by atoms with Crippen LogP contribution in [-0.2, 0) is 0 Å². The van der Waals surface area contributed by atoms with E-state index in [4.69, 9.17) is 4.74 Å². The molecule has 0 spiro atoms. The first-order chi connectivity index (χ1) is 8.39. The summed E-state index contributed by atoms with van der Waals surface area (Å²) in [6, 6.07) is 6.44. The summed E-state index contributed by atoms with van der Waals surface area (Å²) in [5.74, 6) is 4.27. The van der Waals surface area contributed by atoms with Crippen molar-refractivity contribution in [3.05, 3.63) is 28.6 Å². The highest BCUT2D eigenvalue weighted by atomic mass is 32.1. The average Bonchev–Trinajstić information content (AvgIpc) is 2.67. The number of fused-ring (bicyclic) bond motifs is 1. The summed E-state index contributed by atoms with van der Waals surface area (Å²) >= 11 is 1.72. The second-order valence-corrected chi connectivity index (χ2v) is 11.3. The van der Waals surface area contributed by atoms with E-state index in [2.05, 4.69) is 56.2 Å². The molecule has 1 aromatic heterocycles. The molecule has 0 N–H and O–H groups in total. The lowest BCUT2D eigenvalue weighted by Crippen LogP contribution is -2.16. The molecule has 0 saturated carbocycles. The second kappa shape index (κ2) is 4.79. The van der Waals surface area contributed by atoms with Gasteiger partial charge in [0.1, 0.15) is 13.8 Å². The van der Waals surface area contributed by atoms with E-state index in [1.165, 1.54) is 15.6 Å². The third kappa shape index (κ3) is 2.95. The van der Waals surface area contributed by atoms with Crippen molar-refractivity contribution in [2.75, 3.05) is 7.11 Å². The van der Waals surface area contributed by atoms with Crippen molar-refractivity contribution in [1.82, 2.24) is 0 Å². The lowest BCUT2D eigenvalue weighted by molar-refractivity contribution is 0.420. The zero-order valence-corrected chi connectivity index (χ0v) is 13.4. The Hall–Kier alpha value is -1.24. The molecule has 2 rings (SSSR count). The van der Waals surface area contributed by atoms with E-state index in [9.17, 15) is 0 Å². The fourth-order valence-electron chi connectivity index (χ4n) is 1.73. The fourth-order valence-corrected chi connectivity index (χ4v) is 3.31. The van der Waals surface area contributed by atoms with Crippen molar-refractivity contribution in [3.63, 3.8) is 0 Å². The Balaban J connectivity index is 2.53. The first-order valence-corrected chi connectivity index (χ1v) is 10.3. The summed E-state index contributed by atoms with van der Waals surface area (Å²) in [6.45, 7) is 8.88. The molecule has 94 valence electrons. The molecule has 0 unspecified atom stereocenters. The molecule has 0 fully saturated rings. The number of thiophene rings is 1. The molecule has 0 aliphatic carbocycles. The van der Waals surface area contributed by atoms with Gasteiger partial charge in [-0.05, 0) is 30.0 Å². The highest BCUT2D eigenvalue weighted by Gasteiger charge is 2.09. The van der Waals surface area contributed by atoms with E-state index in [1.807, 2.05) is 0 Å². The van der Waals surface area contributed by atoms with E-state index >= 15 is 0 Å². The Kier molecular flexibility index (Phi) is 3.51. The van der Waals surface area contributed by atoms with E-state index in [-0.39, 0.29) is 0 Å². The van der Waals surface area contributed by atoms with Crippen LogP contribution in [0.5, 0.6) is 5.75 Å². The van der Waals surface area contributed by atoms with Crippen molar-refractivity contribution in [2.24, 2.45) is 0 Å². The molecule has 0 atom stereocenters. The van der Waals surface area contributed by atoms with E-state index in [0.717, 1.165) is 10.6 Å². The molecule has 1 aromatic carbocycles. The minimum Gasteiger partial charge on any atom is -0.495 e. The Morgan fingerprint density at radius 2 is 1.89 bits per heavy atom. The predicted molar refractivity (Wildman–Crippen MR) is 83.3 cm³/mol. The predicted octanol–water partition coefficient (Wildman–Crippen LogP) is 4.45. The number of aryl methyl sites for hydroxylation is 1. The molecule has 1 nitrogen and oxygen atoms in total. The molecule has 0 bridgehead atoms. The zero-order valence-electron chi connectivity index (χ0n) is 11.5. The third-order valence-corrected chi connectivity index (χ3v) is 4.46. The van der Waals surface area contributed by atoms with Gasteiger partial charge in [0.25, 0.3) is 0 Å². The third-order valence-electron chi connectivity index (χ3n) is 2.51. The number of rotatable bonds is 1. The smallest absolute Gasteiger partial charge is 0.136 e. The van der Waals surface area contributed by atoms with Crippen molar-refractivity contribution < 1.29 is 4.74 Å². The molecule has 0 radical (unpaired) electrons. The molecular formula is C15H18OSSi. The van der Waals surface area contributed by atoms with Crippen molar-refractivity contribution in [1.29, 1.82) is 0 Å². The van der Waals surface area contributed by atoms with Gasteiger partial charge in [-0.3, -0.25) is 0 Å². The first-order valence-electron chi connectivity index (χ1n) is 6.00. The molecule has 1 heterocycles. The Bertz CT molecular complexity index is 638. The van der Waals surface area contributed by atoms with Gasteiger partial charge in [0, 0.05) is 0 Å². The Labute approximate surface area is 114 Å².